The summed E-state index contributed by atoms with van der Waals surface area (Å²) in [4.78, 5) is 11.8. The van der Waals surface area contributed by atoms with Crippen LogP contribution in [-0.4, -0.2) is 5.78 Å². The second kappa shape index (κ2) is 4.13. The number of hydrogen-bond acceptors (Lipinski definition) is 1. The van der Waals surface area contributed by atoms with Gasteiger partial charge < -0.3 is 0 Å². The minimum atomic E-state index is -0.241. The molecule has 0 spiro atoms. The van der Waals surface area contributed by atoms with Crippen molar-refractivity contribution in [1.29, 1.82) is 0 Å². The molecule has 0 unspecified atom stereocenters. The maximum atomic E-state index is 13.0. The van der Waals surface area contributed by atoms with Crippen molar-refractivity contribution in [1.82, 2.24) is 0 Å². The number of carbonyl (C=O) groups is 1. The second-order valence-corrected chi connectivity index (χ2v) is 4.39. The van der Waals surface area contributed by atoms with Gasteiger partial charge in [-0.3, -0.25) is 4.79 Å². The molecule has 0 aliphatic heterocycles. The Balaban J connectivity index is 2.07. The topological polar surface area (TPSA) is 17.1 Å². The van der Waals surface area contributed by atoms with Crippen LogP contribution in [0.15, 0.2) is 18.2 Å². The van der Waals surface area contributed by atoms with Crippen LogP contribution in [0.25, 0.3) is 0 Å². The molecule has 15 heavy (non-hydrogen) atoms. The molecule has 0 amide bonds. The summed E-state index contributed by atoms with van der Waals surface area (Å²) >= 11 is 0. The Kier molecular flexibility index (Phi) is 2.85. The van der Waals surface area contributed by atoms with E-state index in [0.717, 1.165) is 0 Å². The van der Waals surface area contributed by atoms with Gasteiger partial charge in [0.25, 0.3) is 0 Å². The van der Waals surface area contributed by atoms with Gasteiger partial charge in [-0.25, -0.2) is 4.39 Å². The SMILES string of the molecule is Cc1cc(C(=O)CC2CCC2)ccc1F. The highest BCUT2D eigenvalue weighted by molar-refractivity contribution is 5.96. The lowest BCUT2D eigenvalue weighted by atomic mass is 9.81. The number of carbonyl (C=O) groups excluding carboxylic acids is 1. The van der Waals surface area contributed by atoms with Crippen LogP contribution in [0.3, 0.4) is 0 Å². The van der Waals surface area contributed by atoms with Crippen molar-refractivity contribution >= 4 is 5.78 Å². The summed E-state index contributed by atoms with van der Waals surface area (Å²) in [6.45, 7) is 1.69. The minimum absolute atomic E-state index is 0.155. The van der Waals surface area contributed by atoms with Crippen LogP contribution >= 0.6 is 0 Å². The first-order chi connectivity index (χ1) is 7.16. The van der Waals surface area contributed by atoms with Gasteiger partial charge in [-0.2, -0.15) is 0 Å². The first-order valence-corrected chi connectivity index (χ1v) is 5.46. The summed E-state index contributed by atoms with van der Waals surface area (Å²) in [5, 5.41) is 0. The van der Waals surface area contributed by atoms with Crippen molar-refractivity contribution in [2.24, 2.45) is 5.92 Å². The van der Waals surface area contributed by atoms with E-state index in [2.05, 4.69) is 0 Å². The van der Waals surface area contributed by atoms with Crippen molar-refractivity contribution in [3.05, 3.63) is 35.1 Å². The zero-order valence-corrected chi connectivity index (χ0v) is 8.92. The molecule has 1 aliphatic carbocycles. The monoisotopic (exact) mass is 206 g/mol. The van der Waals surface area contributed by atoms with Crippen LogP contribution in [0.4, 0.5) is 4.39 Å². The lowest BCUT2D eigenvalue weighted by Crippen LogP contribution is -2.16. The van der Waals surface area contributed by atoms with Gasteiger partial charge in [-0.1, -0.05) is 19.3 Å². The Hall–Kier alpha value is -1.18. The summed E-state index contributed by atoms with van der Waals surface area (Å²) in [5.41, 5.74) is 1.20. The molecule has 80 valence electrons. The van der Waals surface area contributed by atoms with Crippen LogP contribution in [0.2, 0.25) is 0 Å². The molecule has 0 radical (unpaired) electrons. The zero-order chi connectivity index (χ0) is 10.8. The quantitative estimate of drug-likeness (QED) is 0.692. The van der Waals surface area contributed by atoms with Gasteiger partial charge in [-0.05, 0) is 36.6 Å². The summed E-state index contributed by atoms with van der Waals surface area (Å²) in [6.07, 6.45) is 4.23. The zero-order valence-electron chi connectivity index (χ0n) is 8.92. The van der Waals surface area contributed by atoms with E-state index in [4.69, 9.17) is 0 Å². The highest BCUT2D eigenvalue weighted by atomic mass is 19.1. The molecule has 1 saturated carbocycles. The van der Waals surface area contributed by atoms with Crippen LogP contribution < -0.4 is 0 Å². The average molecular weight is 206 g/mol. The van der Waals surface area contributed by atoms with E-state index >= 15 is 0 Å². The molecule has 2 rings (SSSR count). The summed E-state index contributed by atoms with van der Waals surface area (Å²) in [6, 6.07) is 4.61. The van der Waals surface area contributed by atoms with Gasteiger partial charge in [-0.15, -0.1) is 0 Å². The molecule has 0 heterocycles. The Morgan fingerprint density at radius 1 is 1.47 bits per heavy atom. The first kappa shape index (κ1) is 10.3. The van der Waals surface area contributed by atoms with E-state index in [0.29, 0.717) is 23.5 Å². The van der Waals surface area contributed by atoms with Crippen LogP contribution in [0.5, 0.6) is 0 Å². The fourth-order valence-electron chi connectivity index (χ4n) is 1.90. The third kappa shape index (κ3) is 2.25. The van der Waals surface area contributed by atoms with Crippen molar-refractivity contribution in [2.75, 3.05) is 0 Å². The van der Waals surface area contributed by atoms with Gasteiger partial charge in [0.2, 0.25) is 0 Å². The molecule has 0 atom stereocenters. The highest BCUT2D eigenvalue weighted by Crippen LogP contribution is 2.30. The fourth-order valence-corrected chi connectivity index (χ4v) is 1.90. The molecule has 1 aromatic rings. The van der Waals surface area contributed by atoms with Crippen molar-refractivity contribution < 1.29 is 9.18 Å². The highest BCUT2D eigenvalue weighted by Gasteiger charge is 2.21. The van der Waals surface area contributed by atoms with Crippen LogP contribution in [0.1, 0.15) is 41.6 Å². The van der Waals surface area contributed by atoms with Crippen LogP contribution in [0, 0.1) is 18.7 Å². The third-order valence-electron chi connectivity index (χ3n) is 3.18. The fraction of sp³-hybridized carbons (Fsp3) is 0.462. The Morgan fingerprint density at radius 2 is 2.20 bits per heavy atom. The van der Waals surface area contributed by atoms with E-state index in [9.17, 15) is 9.18 Å². The van der Waals surface area contributed by atoms with E-state index < -0.39 is 0 Å². The molecule has 2 heteroatoms. The summed E-state index contributed by atoms with van der Waals surface area (Å²) < 4.78 is 13.0. The smallest absolute Gasteiger partial charge is 0.163 e. The molecule has 1 nitrogen and oxygen atoms in total. The number of ketones is 1. The molecular formula is C13H15FO. The first-order valence-electron chi connectivity index (χ1n) is 5.46. The van der Waals surface area contributed by atoms with E-state index in [1.165, 1.54) is 25.3 Å². The Morgan fingerprint density at radius 3 is 2.73 bits per heavy atom. The predicted molar refractivity (Wildman–Crippen MR) is 57.4 cm³/mol. The van der Waals surface area contributed by atoms with Crippen molar-refractivity contribution in [2.45, 2.75) is 32.6 Å². The molecular weight excluding hydrogens is 191 g/mol. The van der Waals surface area contributed by atoms with E-state index in [-0.39, 0.29) is 11.6 Å². The van der Waals surface area contributed by atoms with E-state index in [1.807, 2.05) is 0 Å². The number of rotatable bonds is 3. The molecule has 1 aliphatic rings. The van der Waals surface area contributed by atoms with Gasteiger partial charge in [0, 0.05) is 12.0 Å². The molecule has 0 saturated heterocycles. The van der Waals surface area contributed by atoms with Crippen molar-refractivity contribution in [3.63, 3.8) is 0 Å². The van der Waals surface area contributed by atoms with Gasteiger partial charge in [0.1, 0.15) is 5.82 Å². The van der Waals surface area contributed by atoms with Gasteiger partial charge in [0.15, 0.2) is 5.78 Å². The predicted octanol–water partition coefficient (Wildman–Crippen LogP) is 3.51. The number of Topliss-reactive ketones (excluding diaryl/α,β-unsaturated/α-hetero) is 1. The maximum absolute atomic E-state index is 13.0. The number of benzene rings is 1. The number of aryl methyl sites for hydroxylation is 1. The normalized spacial score (nSPS) is 16.1. The van der Waals surface area contributed by atoms with Crippen LogP contribution in [-0.2, 0) is 0 Å². The molecule has 0 N–H and O–H groups in total. The molecule has 1 fully saturated rings. The molecule has 0 aromatic heterocycles. The summed E-state index contributed by atoms with van der Waals surface area (Å²) in [7, 11) is 0. The minimum Gasteiger partial charge on any atom is -0.294 e. The Labute approximate surface area is 89.3 Å². The number of halogens is 1. The average Bonchev–Trinajstić information content (AvgIpc) is 2.15. The third-order valence-corrected chi connectivity index (χ3v) is 3.18. The second-order valence-electron chi connectivity index (χ2n) is 4.39. The lowest BCUT2D eigenvalue weighted by molar-refractivity contribution is 0.0936. The molecule has 1 aromatic carbocycles. The molecule has 0 bridgehead atoms. The van der Waals surface area contributed by atoms with Gasteiger partial charge >= 0.3 is 0 Å². The summed E-state index contributed by atoms with van der Waals surface area (Å²) in [5.74, 6) is 0.487. The van der Waals surface area contributed by atoms with E-state index in [1.54, 1.807) is 19.1 Å². The lowest BCUT2D eigenvalue weighted by Gasteiger charge is -2.24. The van der Waals surface area contributed by atoms with Crippen molar-refractivity contribution in [3.8, 4) is 0 Å². The van der Waals surface area contributed by atoms with Gasteiger partial charge in [0.05, 0.1) is 0 Å². The Bertz CT molecular complexity index is 380. The largest absolute Gasteiger partial charge is 0.294 e. The maximum Gasteiger partial charge on any atom is 0.163 e. The standard InChI is InChI=1S/C13H15FO/c1-9-7-11(5-6-12(9)14)13(15)8-10-3-2-4-10/h5-7,10H,2-4,8H2,1H3. The number of hydrogen-bond donors (Lipinski definition) is 0.